The molecule has 6 nitrogen and oxygen atoms in total. The topological polar surface area (TPSA) is 101 Å². The van der Waals surface area contributed by atoms with Crippen molar-refractivity contribution in [1.29, 1.82) is 0 Å². The summed E-state index contributed by atoms with van der Waals surface area (Å²) in [7, 11) is -3.52. The van der Waals surface area contributed by atoms with Gasteiger partial charge in [0.05, 0.1) is 11.9 Å². The SMILES string of the molecule is NS(=O)(=O)CC1CC(=O)N(CC2CCCC(O)C2)C1. The van der Waals surface area contributed by atoms with Gasteiger partial charge in [0, 0.05) is 25.4 Å². The van der Waals surface area contributed by atoms with Crippen LogP contribution in [0, 0.1) is 11.8 Å². The first-order valence-electron chi connectivity index (χ1n) is 6.80. The van der Waals surface area contributed by atoms with E-state index in [1.165, 1.54) is 0 Å². The fraction of sp³-hybridized carbons (Fsp3) is 0.917. The summed E-state index contributed by atoms with van der Waals surface area (Å²) < 4.78 is 22.1. The van der Waals surface area contributed by atoms with Crippen LogP contribution in [0.3, 0.4) is 0 Å². The first-order chi connectivity index (χ1) is 8.83. The highest BCUT2D eigenvalue weighted by atomic mass is 32.2. The Morgan fingerprint density at radius 1 is 1.32 bits per heavy atom. The predicted molar refractivity (Wildman–Crippen MR) is 70.6 cm³/mol. The Morgan fingerprint density at radius 2 is 2.05 bits per heavy atom. The van der Waals surface area contributed by atoms with Crippen molar-refractivity contribution in [2.75, 3.05) is 18.8 Å². The van der Waals surface area contributed by atoms with Crippen molar-refractivity contribution in [2.45, 2.75) is 38.2 Å². The van der Waals surface area contributed by atoms with Crippen molar-refractivity contribution < 1.29 is 18.3 Å². The molecule has 2 aliphatic rings. The number of amides is 1. The molecule has 1 saturated heterocycles. The maximum absolute atomic E-state index is 11.9. The van der Waals surface area contributed by atoms with Gasteiger partial charge >= 0.3 is 0 Å². The van der Waals surface area contributed by atoms with Gasteiger partial charge in [0.25, 0.3) is 0 Å². The average molecular weight is 290 g/mol. The van der Waals surface area contributed by atoms with Gasteiger partial charge in [0.2, 0.25) is 15.9 Å². The van der Waals surface area contributed by atoms with Gasteiger partial charge in [0.1, 0.15) is 0 Å². The van der Waals surface area contributed by atoms with E-state index in [0.717, 1.165) is 25.7 Å². The van der Waals surface area contributed by atoms with Crippen molar-refractivity contribution in [3.05, 3.63) is 0 Å². The molecule has 1 amide bonds. The van der Waals surface area contributed by atoms with E-state index >= 15 is 0 Å². The van der Waals surface area contributed by atoms with Crippen LogP contribution in [0.4, 0.5) is 0 Å². The maximum atomic E-state index is 11.9. The second-order valence-electron chi connectivity index (χ2n) is 5.88. The third-order valence-corrected chi connectivity index (χ3v) is 4.93. The molecule has 0 aromatic carbocycles. The fourth-order valence-electron chi connectivity index (χ4n) is 3.21. The molecular weight excluding hydrogens is 268 g/mol. The van der Waals surface area contributed by atoms with E-state index in [1.54, 1.807) is 4.90 Å². The van der Waals surface area contributed by atoms with Crippen LogP contribution in [0.5, 0.6) is 0 Å². The fourth-order valence-corrected chi connectivity index (χ4v) is 4.09. The minimum atomic E-state index is -3.52. The number of hydrogen-bond donors (Lipinski definition) is 2. The molecule has 1 saturated carbocycles. The molecule has 1 aliphatic carbocycles. The first-order valence-corrected chi connectivity index (χ1v) is 8.51. The molecule has 0 bridgehead atoms. The van der Waals surface area contributed by atoms with Crippen LogP contribution in [0.15, 0.2) is 0 Å². The van der Waals surface area contributed by atoms with E-state index in [2.05, 4.69) is 0 Å². The summed E-state index contributed by atoms with van der Waals surface area (Å²) in [4.78, 5) is 13.6. The van der Waals surface area contributed by atoms with Crippen molar-refractivity contribution >= 4 is 15.9 Å². The Kier molecular flexibility index (Phi) is 4.47. The summed E-state index contributed by atoms with van der Waals surface area (Å²) in [6.07, 6.45) is 3.62. The van der Waals surface area contributed by atoms with Gasteiger partial charge in [-0.1, -0.05) is 6.42 Å². The summed E-state index contributed by atoms with van der Waals surface area (Å²) in [5.74, 6) is 0.0355. The summed E-state index contributed by atoms with van der Waals surface area (Å²) in [5, 5.41) is 14.6. The lowest BCUT2D eigenvalue weighted by atomic mass is 9.87. The third-order valence-electron chi connectivity index (χ3n) is 4.00. The van der Waals surface area contributed by atoms with Crippen molar-refractivity contribution in [1.82, 2.24) is 4.90 Å². The molecule has 19 heavy (non-hydrogen) atoms. The van der Waals surface area contributed by atoms with E-state index in [9.17, 15) is 18.3 Å². The minimum Gasteiger partial charge on any atom is -0.393 e. The number of nitrogens with zero attached hydrogens (tertiary/aromatic N) is 1. The standard InChI is InChI=1S/C12H22N2O4S/c13-19(17,18)8-10-5-12(16)14(7-10)6-9-2-1-3-11(15)4-9/h9-11,15H,1-8H2,(H2,13,17,18). The van der Waals surface area contributed by atoms with Gasteiger partial charge in [-0.25, -0.2) is 13.6 Å². The smallest absolute Gasteiger partial charge is 0.222 e. The number of nitrogens with two attached hydrogens (primary N) is 1. The van der Waals surface area contributed by atoms with Crippen LogP contribution in [0.1, 0.15) is 32.1 Å². The summed E-state index contributed by atoms with van der Waals surface area (Å²) in [6, 6.07) is 0. The minimum absolute atomic E-state index is 0.00807. The molecular formula is C12H22N2O4S. The lowest BCUT2D eigenvalue weighted by Gasteiger charge is -2.29. The largest absolute Gasteiger partial charge is 0.393 e. The normalized spacial score (nSPS) is 32.8. The number of primary sulfonamides is 1. The average Bonchev–Trinajstić information content (AvgIpc) is 2.56. The number of sulfonamides is 1. The van der Waals surface area contributed by atoms with Gasteiger partial charge in [-0.2, -0.15) is 0 Å². The third kappa shape index (κ3) is 4.43. The Morgan fingerprint density at radius 3 is 2.68 bits per heavy atom. The number of carbonyl (C=O) groups excluding carboxylic acids is 1. The lowest BCUT2D eigenvalue weighted by molar-refractivity contribution is -0.128. The molecule has 7 heteroatoms. The highest BCUT2D eigenvalue weighted by Crippen LogP contribution is 2.27. The second kappa shape index (κ2) is 5.76. The molecule has 3 unspecified atom stereocenters. The molecule has 2 fully saturated rings. The van der Waals surface area contributed by atoms with Gasteiger partial charge in [-0.3, -0.25) is 4.79 Å². The number of hydrogen-bond acceptors (Lipinski definition) is 4. The number of carbonyl (C=O) groups is 1. The zero-order valence-corrected chi connectivity index (χ0v) is 11.8. The van der Waals surface area contributed by atoms with E-state index in [1.807, 2.05) is 0 Å². The lowest BCUT2D eigenvalue weighted by Crippen LogP contribution is -2.34. The molecule has 110 valence electrons. The Bertz CT molecular complexity index is 437. The zero-order chi connectivity index (χ0) is 14.0. The van der Waals surface area contributed by atoms with Gasteiger partial charge in [-0.05, 0) is 25.2 Å². The highest BCUT2D eigenvalue weighted by molar-refractivity contribution is 7.89. The maximum Gasteiger partial charge on any atom is 0.222 e. The van der Waals surface area contributed by atoms with Gasteiger partial charge < -0.3 is 10.0 Å². The van der Waals surface area contributed by atoms with Crippen LogP contribution < -0.4 is 5.14 Å². The molecule has 3 atom stereocenters. The van der Waals surface area contributed by atoms with Gasteiger partial charge in [-0.15, -0.1) is 0 Å². The molecule has 3 N–H and O–H groups in total. The summed E-state index contributed by atoms with van der Waals surface area (Å²) in [5.41, 5.74) is 0. The number of rotatable bonds is 4. The van der Waals surface area contributed by atoms with Crippen molar-refractivity contribution in [3.63, 3.8) is 0 Å². The van der Waals surface area contributed by atoms with E-state index in [-0.39, 0.29) is 30.1 Å². The molecule has 2 rings (SSSR count). The van der Waals surface area contributed by atoms with E-state index in [0.29, 0.717) is 19.0 Å². The Labute approximate surface area is 114 Å². The quantitative estimate of drug-likeness (QED) is 0.740. The zero-order valence-electron chi connectivity index (χ0n) is 11.0. The molecule has 1 aliphatic heterocycles. The second-order valence-corrected chi connectivity index (χ2v) is 7.54. The molecule has 0 aromatic heterocycles. The molecule has 0 radical (unpaired) electrons. The summed E-state index contributed by atoms with van der Waals surface area (Å²) in [6.45, 7) is 1.11. The first kappa shape index (κ1) is 14.7. The highest BCUT2D eigenvalue weighted by Gasteiger charge is 2.33. The van der Waals surface area contributed by atoms with Crippen molar-refractivity contribution in [3.8, 4) is 0 Å². The number of likely N-dealkylation sites (tertiary alicyclic amines) is 1. The molecule has 0 spiro atoms. The predicted octanol–water partition coefficient (Wildman–Crippen LogP) is -0.325. The summed E-state index contributed by atoms with van der Waals surface area (Å²) >= 11 is 0. The van der Waals surface area contributed by atoms with E-state index in [4.69, 9.17) is 5.14 Å². The number of aliphatic hydroxyl groups excluding tert-OH is 1. The van der Waals surface area contributed by atoms with Crippen LogP contribution in [0.2, 0.25) is 0 Å². The number of aliphatic hydroxyl groups is 1. The van der Waals surface area contributed by atoms with Gasteiger partial charge in [0.15, 0.2) is 0 Å². The van der Waals surface area contributed by atoms with Crippen LogP contribution in [-0.2, 0) is 14.8 Å². The Hall–Kier alpha value is -0.660. The Balaban J connectivity index is 1.86. The molecule has 1 heterocycles. The molecule has 0 aromatic rings. The monoisotopic (exact) mass is 290 g/mol. The van der Waals surface area contributed by atoms with Crippen molar-refractivity contribution in [2.24, 2.45) is 17.0 Å². The van der Waals surface area contributed by atoms with Crippen LogP contribution >= 0.6 is 0 Å². The van der Waals surface area contributed by atoms with E-state index < -0.39 is 10.0 Å². The van der Waals surface area contributed by atoms with Crippen LogP contribution in [-0.4, -0.2) is 49.3 Å². The van der Waals surface area contributed by atoms with Crippen LogP contribution in [0.25, 0.3) is 0 Å².